The number of Topliss-reactive ketones (excluding diaryl/α,β-unsaturated/α-hetero) is 1. The lowest BCUT2D eigenvalue weighted by Crippen LogP contribution is -2.32. The van der Waals surface area contributed by atoms with Crippen molar-refractivity contribution < 1.29 is 19.1 Å². The molecule has 2 rings (SSSR count). The molecule has 0 unspecified atom stereocenters. The van der Waals surface area contributed by atoms with E-state index in [4.69, 9.17) is 4.74 Å². The summed E-state index contributed by atoms with van der Waals surface area (Å²) in [5.41, 5.74) is 0.311. The average molecular weight is 339 g/mol. The molecule has 2 aromatic carbocycles. The van der Waals surface area contributed by atoms with Crippen molar-refractivity contribution in [2.45, 2.75) is 19.3 Å². The zero-order valence-electron chi connectivity index (χ0n) is 14.8. The van der Waals surface area contributed by atoms with Crippen LogP contribution in [0.4, 0.5) is 4.79 Å². The van der Waals surface area contributed by atoms with Gasteiger partial charge in [-0.2, -0.15) is 0 Å². The number of amides is 1. The first kappa shape index (κ1) is 18.4. The summed E-state index contributed by atoms with van der Waals surface area (Å²) in [6.45, 7) is 3.50. The van der Waals surface area contributed by atoms with Crippen LogP contribution in [-0.4, -0.2) is 36.8 Å². The van der Waals surface area contributed by atoms with Crippen molar-refractivity contribution in [1.82, 2.24) is 4.90 Å². The number of hydrogen-bond donors (Lipinski definition) is 0. The maximum atomic E-state index is 12.9. The molecule has 0 aliphatic heterocycles. The van der Waals surface area contributed by atoms with E-state index in [9.17, 15) is 14.4 Å². The van der Waals surface area contributed by atoms with Gasteiger partial charge in [0.15, 0.2) is 5.78 Å². The maximum absolute atomic E-state index is 12.9. The Morgan fingerprint density at radius 2 is 1.44 bits per heavy atom. The Morgan fingerprint density at radius 3 is 2.04 bits per heavy atom. The molecule has 5 nitrogen and oxygen atoms in total. The van der Waals surface area contributed by atoms with Crippen LogP contribution in [0.15, 0.2) is 54.6 Å². The number of hydrogen-bond acceptors (Lipinski definition) is 4. The highest BCUT2D eigenvalue weighted by molar-refractivity contribution is 6.06. The lowest BCUT2D eigenvalue weighted by atomic mass is 9.76. The normalized spacial score (nSPS) is 10.9. The number of rotatable bonds is 4. The van der Waals surface area contributed by atoms with Gasteiger partial charge in [-0.3, -0.25) is 4.79 Å². The van der Waals surface area contributed by atoms with Crippen molar-refractivity contribution in [1.29, 1.82) is 0 Å². The Kier molecular flexibility index (Phi) is 5.37. The van der Waals surface area contributed by atoms with Gasteiger partial charge in [0.1, 0.15) is 0 Å². The van der Waals surface area contributed by atoms with Gasteiger partial charge >= 0.3 is 12.1 Å². The summed E-state index contributed by atoms with van der Waals surface area (Å²) in [4.78, 5) is 38.2. The molecule has 0 aliphatic carbocycles. The van der Waals surface area contributed by atoms with Crippen LogP contribution in [0, 0.1) is 0 Å². The van der Waals surface area contributed by atoms with Crippen molar-refractivity contribution >= 4 is 17.8 Å². The zero-order chi connectivity index (χ0) is 18.6. The van der Waals surface area contributed by atoms with Gasteiger partial charge in [-0.1, -0.05) is 48.5 Å². The molecule has 0 N–H and O–H groups in total. The van der Waals surface area contributed by atoms with E-state index in [-0.39, 0.29) is 11.3 Å². The number of nitrogens with zero attached hydrogens (tertiary/aromatic N) is 1. The van der Waals surface area contributed by atoms with Crippen LogP contribution in [0.5, 0.6) is 0 Å². The van der Waals surface area contributed by atoms with Crippen molar-refractivity contribution in [3.63, 3.8) is 0 Å². The molecule has 0 aliphatic rings. The summed E-state index contributed by atoms with van der Waals surface area (Å²) in [5.74, 6) is -0.893. The minimum absolute atomic E-state index is 0.118. The van der Waals surface area contributed by atoms with E-state index in [1.807, 2.05) is 6.07 Å². The molecule has 2 aromatic rings. The number of carbonyl (C=O) groups excluding carboxylic acids is 3. The first-order valence-electron chi connectivity index (χ1n) is 7.88. The summed E-state index contributed by atoms with van der Waals surface area (Å²) < 4.78 is 4.86. The minimum atomic E-state index is -0.960. The van der Waals surface area contributed by atoms with Crippen LogP contribution in [-0.2, 0) is 10.2 Å². The third-order valence-electron chi connectivity index (χ3n) is 3.97. The lowest BCUT2D eigenvalue weighted by Gasteiger charge is -2.26. The molecule has 5 heteroatoms. The quantitative estimate of drug-likeness (QED) is 0.484. The molecule has 0 saturated heterocycles. The average Bonchev–Trinajstić information content (AvgIpc) is 2.61. The number of carbonyl (C=O) groups is 3. The Hall–Kier alpha value is -2.95. The van der Waals surface area contributed by atoms with E-state index >= 15 is 0 Å². The molecule has 130 valence electrons. The van der Waals surface area contributed by atoms with Gasteiger partial charge in [0.25, 0.3) is 0 Å². The summed E-state index contributed by atoms with van der Waals surface area (Å²) >= 11 is 0. The van der Waals surface area contributed by atoms with Crippen LogP contribution in [0.25, 0.3) is 0 Å². The molecule has 0 fully saturated rings. The minimum Gasteiger partial charge on any atom is -0.372 e. The predicted molar refractivity (Wildman–Crippen MR) is 94.7 cm³/mol. The Balaban J connectivity index is 2.40. The fourth-order valence-electron chi connectivity index (χ4n) is 2.50. The molecule has 0 bridgehead atoms. The SMILES string of the molecule is CN(C)C(=O)OC(=O)c1ccccc1C(C)(C)C(=O)c1ccccc1. The van der Waals surface area contributed by atoms with Crippen LogP contribution >= 0.6 is 0 Å². The zero-order valence-corrected chi connectivity index (χ0v) is 14.8. The molecule has 0 radical (unpaired) electrons. The van der Waals surface area contributed by atoms with Gasteiger partial charge < -0.3 is 9.64 Å². The summed E-state index contributed by atoms with van der Waals surface area (Å²) in [5, 5.41) is 0. The number of benzene rings is 2. The predicted octanol–water partition coefficient (Wildman–Crippen LogP) is 3.69. The molecular weight excluding hydrogens is 318 g/mol. The van der Waals surface area contributed by atoms with Crippen LogP contribution in [0.3, 0.4) is 0 Å². The van der Waals surface area contributed by atoms with Gasteiger partial charge in [0.2, 0.25) is 0 Å². The monoisotopic (exact) mass is 339 g/mol. The van der Waals surface area contributed by atoms with E-state index in [0.29, 0.717) is 11.1 Å². The standard InChI is InChI=1S/C20H21NO4/c1-20(2,17(22)14-10-6-5-7-11-14)16-13-9-8-12-15(16)18(23)25-19(24)21(3)4/h5-13H,1-4H3. The van der Waals surface area contributed by atoms with Crippen LogP contribution in [0.1, 0.15) is 40.1 Å². The molecule has 25 heavy (non-hydrogen) atoms. The third kappa shape index (κ3) is 3.94. The molecule has 0 aromatic heterocycles. The Labute approximate surface area is 147 Å². The third-order valence-corrected chi connectivity index (χ3v) is 3.97. The molecule has 1 amide bonds. The lowest BCUT2D eigenvalue weighted by molar-refractivity contribution is 0.0571. The van der Waals surface area contributed by atoms with E-state index in [2.05, 4.69) is 0 Å². The van der Waals surface area contributed by atoms with Crippen molar-refractivity contribution in [3.8, 4) is 0 Å². The fourth-order valence-corrected chi connectivity index (χ4v) is 2.50. The molecule has 0 spiro atoms. The highest BCUT2D eigenvalue weighted by atomic mass is 16.6. The number of esters is 1. The molecule has 0 saturated carbocycles. The first-order chi connectivity index (χ1) is 11.7. The van der Waals surface area contributed by atoms with Gasteiger partial charge in [0, 0.05) is 19.7 Å². The van der Waals surface area contributed by atoms with E-state index in [0.717, 1.165) is 0 Å². The number of ether oxygens (including phenoxy) is 1. The largest absolute Gasteiger partial charge is 0.417 e. The van der Waals surface area contributed by atoms with Crippen molar-refractivity contribution in [2.24, 2.45) is 0 Å². The summed E-state index contributed by atoms with van der Waals surface area (Å²) in [6.07, 6.45) is -0.757. The van der Waals surface area contributed by atoms with Crippen molar-refractivity contribution in [2.75, 3.05) is 14.1 Å². The van der Waals surface area contributed by atoms with E-state index < -0.39 is 17.5 Å². The molecule has 0 heterocycles. The Morgan fingerprint density at radius 1 is 0.880 bits per heavy atom. The van der Waals surface area contributed by atoms with Crippen molar-refractivity contribution in [3.05, 3.63) is 71.3 Å². The highest BCUT2D eigenvalue weighted by Crippen LogP contribution is 2.31. The second-order valence-corrected chi connectivity index (χ2v) is 6.42. The summed E-state index contributed by atoms with van der Waals surface area (Å²) in [7, 11) is 2.98. The molecular formula is C20H21NO4. The van der Waals surface area contributed by atoms with Gasteiger partial charge in [-0.15, -0.1) is 0 Å². The Bertz CT molecular complexity index is 794. The topological polar surface area (TPSA) is 63.7 Å². The van der Waals surface area contributed by atoms with Gasteiger partial charge in [0.05, 0.1) is 11.0 Å². The highest BCUT2D eigenvalue weighted by Gasteiger charge is 2.34. The van der Waals surface area contributed by atoms with Crippen LogP contribution in [0.2, 0.25) is 0 Å². The van der Waals surface area contributed by atoms with Gasteiger partial charge in [-0.05, 0) is 25.5 Å². The van der Waals surface area contributed by atoms with E-state index in [1.54, 1.807) is 62.4 Å². The maximum Gasteiger partial charge on any atom is 0.417 e. The first-order valence-corrected chi connectivity index (χ1v) is 7.88. The number of ketones is 1. The van der Waals surface area contributed by atoms with Gasteiger partial charge in [-0.25, -0.2) is 9.59 Å². The fraction of sp³-hybridized carbons (Fsp3) is 0.250. The van der Waals surface area contributed by atoms with E-state index in [1.165, 1.54) is 19.0 Å². The second-order valence-electron chi connectivity index (χ2n) is 6.42. The molecule has 0 atom stereocenters. The van der Waals surface area contributed by atoms with Crippen LogP contribution < -0.4 is 0 Å². The smallest absolute Gasteiger partial charge is 0.372 e. The second kappa shape index (κ2) is 7.30. The summed E-state index contributed by atoms with van der Waals surface area (Å²) in [6, 6.07) is 15.6.